The lowest BCUT2D eigenvalue weighted by molar-refractivity contribution is -0.141. The van der Waals surface area contributed by atoms with Gasteiger partial charge in [-0.25, -0.2) is 0 Å². The highest BCUT2D eigenvalue weighted by atomic mass is 16.5. The zero-order valence-electron chi connectivity index (χ0n) is 9.76. The number of hydrogen-bond acceptors (Lipinski definition) is 3. The van der Waals surface area contributed by atoms with E-state index in [2.05, 4.69) is 17.1 Å². The minimum absolute atomic E-state index is 0.0982. The van der Waals surface area contributed by atoms with Crippen molar-refractivity contribution in [2.75, 3.05) is 26.7 Å². The standard InChI is InChI=1S/C13H19NO2/c1-16-13(15)8-14-6-11-9-2-3-10(5-4-9)12(11)7-14/h2-3,9-12H,4-8H2,1H3. The molecular formula is C13H19NO2. The molecule has 0 radical (unpaired) electrons. The summed E-state index contributed by atoms with van der Waals surface area (Å²) in [4.78, 5) is 13.5. The molecule has 0 aromatic carbocycles. The number of likely N-dealkylation sites (tertiary alicyclic amines) is 1. The maximum atomic E-state index is 11.3. The molecule has 3 heteroatoms. The lowest BCUT2D eigenvalue weighted by Crippen LogP contribution is -2.35. The van der Waals surface area contributed by atoms with Crippen molar-refractivity contribution in [3.05, 3.63) is 12.2 Å². The molecule has 3 nitrogen and oxygen atoms in total. The minimum atomic E-state index is -0.0982. The van der Waals surface area contributed by atoms with Crippen LogP contribution < -0.4 is 0 Å². The maximum Gasteiger partial charge on any atom is 0.319 e. The molecule has 16 heavy (non-hydrogen) atoms. The van der Waals surface area contributed by atoms with Gasteiger partial charge in [0.2, 0.25) is 0 Å². The molecular weight excluding hydrogens is 202 g/mol. The first-order chi connectivity index (χ1) is 7.78. The van der Waals surface area contributed by atoms with Gasteiger partial charge in [0.15, 0.2) is 0 Å². The van der Waals surface area contributed by atoms with Gasteiger partial charge in [0.25, 0.3) is 0 Å². The number of ether oxygens (including phenoxy) is 1. The maximum absolute atomic E-state index is 11.3. The van der Waals surface area contributed by atoms with Crippen molar-refractivity contribution >= 4 is 5.97 Å². The van der Waals surface area contributed by atoms with Gasteiger partial charge in [0.1, 0.15) is 0 Å². The van der Waals surface area contributed by atoms with Crippen molar-refractivity contribution in [3.8, 4) is 0 Å². The third-order valence-corrected chi connectivity index (χ3v) is 4.61. The molecule has 2 bridgehead atoms. The Balaban J connectivity index is 1.67. The summed E-state index contributed by atoms with van der Waals surface area (Å²) in [5.74, 6) is 3.05. The Morgan fingerprint density at radius 2 is 1.81 bits per heavy atom. The number of rotatable bonds is 2. The van der Waals surface area contributed by atoms with Gasteiger partial charge in [-0.3, -0.25) is 9.69 Å². The van der Waals surface area contributed by atoms with Crippen molar-refractivity contribution in [2.24, 2.45) is 23.7 Å². The van der Waals surface area contributed by atoms with Crippen molar-refractivity contribution in [1.82, 2.24) is 4.90 Å². The molecule has 1 heterocycles. The molecule has 4 aliphatic rings. The zero-order valence-corrected chi connectivity index (χ0v) is 9.76. The Hall–Kier alpha value is -0.830. The first-order valence-electron chi connectivity index (χ1n) is 6.25. The van der Waals surface area contributed by atoms with Crippen molar-refractivity contribution in [3.63, 3.8) is 0 Å². The number of allylic oxidation sites excluding steroid dienone is 2. The van der Waals surface area contributed by atoms with Crippen molar-refractivity contribution < 1.29 is 9.53 Å². The minimum Gasteiger partial charge on any atom is -0.468 e. The summed E-state index contributed by atoms with van der Waals surface area (Å²) in [7, 11) is 1.47. The van der Waals surface area contributed by atoms with Crippen LogP contribution in [0.4, 0.5) is 0 Å². The number of fused-ring (bicyclic) bond motifs is 1. The number of hydrogen-bond donors (Lipinski definition) is 0. The fourth-order valence-corrected chi connectivity index (χ4v) is 3.80. The van der Waals surface area contributed by atoms with E-state index in [9.17, 15) is 4.79 Å². The molecule has 1 aliphatic heterocycles. The van der Waals surface area contributed by atoms with E-state index in [4.69, 9.17) is 4.74 Å². The second-order valence-electron chi connectivity index (χ2n) is 5.39. The predicted molar refractivity (Wildman–Crippen MR) is 60.8 cm³/mol. The van der Waals surface area contributed by atoms with E-state index in [0.29, 0.717) is 6.54 Å². The van der Waals surface area contributed by atoms with Crippen LogP contribution in [0.5, 0.6) is 0 Å². The predicted octanol–water partition coefficient (Wildman–Crippen LogP) is 1.30. The molecule has 1 saturated carbocycles. The number of esters is 1. The Morgan fingerprint density at radius 1 is 1.25 bits per heavy atom. The molecule has 0 amide bonds. The Labute approximate surface area is 96.4 Å². The second-order valence-corrected chi connectivity index (χ2v) is 5.39. The van der Waals surface area contributed by atoms with Crippen LogP contribution in [0, 0.1) is 23.7 Å². The molecule has 3 aliphatic carbocycles. The molecule has 0 aromatic rings. The molecule has 2 fully saturated rings. The quantitative estimate of drug-likeness (QED) is 0.520. The fraction of sp³-hybridized carbons (Fsp3) is 0.769. The van der Waals surface area contributed by atoms with Gasteiger partial charge in [0.05, 0.1) is 13.7 Å². The lowest BCUT2D eigenvalue weighted by Gasteiger charge is -2.40. The largest absolute Gasteiger partial charge is 0.468 e. The smallest absolute Gasteiger partial charge is 0.319 e. The van der Waals surface area contributed by atoms with Crippen LogP contribution in [-0.4, -0.2) is 37.6 Å². The molecule has 0 aromatic heterocycles. The highest BCUT2D eigenvalue weighted by Gasteiger charge is 2.45. The van der Waals surface area contributed by atoms with Crippen LogP contribution in [0.1, 0.15) is 12.8 Å². The van der Waals surface area contributed by atoms with E-state index >= 15 is 0 Å². The first-order valence-corrected chi connectivity index (χ1v) is 6.25. The summed E-state index contributed by atoms with van der Waals surface area (Å²) in [6.07, 6.45) is 7.54. The molecule has 0 spiro atoms. The summed E-state index contributed by atoms with van der Waals surface area (Å²) in [5.41, 5.74) is 0. The first kappa shape index (κ1) is 10.3. The third-order valence-electron chi connectivity index (χ3n) is 4.61. The topological polar surface area (TPSA) is 29.5 Å². The average molecular weight is 221 g/mol. The molecule has 88 valence electrons. The van der Waals surface area contributed by atoms with E-state index in [-0.39, 0.29) is 5.97 Å². The van der Waals surface area contributed by atoms with E-state index in [0.717, 1.165) is 36.8 Å². The van der Waals surface area contributed by atoms with Gasteiger partial charge in [0, 0.05) is 13.1 Å². The zero-order chi connectivity index (χ0) is 11.1. The molecule has 4 unspecified atom stereocenters. The molecule has 4 rings (SSSR count). The van der Waals surface area contributed by atoms with Gasteiger partial charge >= 0.3 is 5.97 Å². The molecule has 0 N–H and O–H groups in total. The van der Waals surface area contributed by atoms with Gasteiger partial charge in [-0.05, 0) is 36.5 Å². The number of carbonyl (C=O) groups excluding carboxylic acids is 1. The van der Waals surface area contributed by atoms with Gasteiger partial charge in [-0.2, -0.15) is 0 Å². The fourth-order valence-electron chi connectivity index (χ4n) is 3.80. The molecule has 4 atom stereocenters. The summed E-state index contributed by atoms with van der Waals surface area (Å²) >= 11 is 0. The van der Waals surface area contributed by atoms with Crippen LogP contribution >= 0.6 is 0 Å². The van der Waals surface area contributed by atoms with Crippen LogP contribution in [0.25, 0.3) is 0 Å². The average Bonchev–Trinajstić information content (AvgIpc) is 2.75. The van der Waals surface area contributed by atoms with E-state index in [1.165, 1.54) is 20.0 Å². The molecule has 1 saturated heterocycles. The highest BCUT2D eigenvalue weighted by molar-refractivity contribution is 5.71. The van der Waals surface area contributed by atoms with Crippen LogP contribution in [0.15, 0.2) is 12.2 Å². The Bertz CT molecular complexity index is 304. The lowest BCUT2D eigenvalue weighted by atomic mass is 9.64. The van der Waals surface area contributed by atoms with Crippen molar-refractivity contribution in [2.45, 2.75) is 12.8 Å². The third kappa shape index (κ3) is 1.58. The SMILES string of the molecule is COC(=O)CN1CC2C3C=CC(CC3)C2C1. The van der Waals surface area contributed by atoms with Gasteiger partial charge in [-0.1, -0.05) is 12.2 Å². The number of nitrogens with zero attached hydrogens (tertiary/aromatic N) is 1. The number of methoxy groups -OCH3 is 1. The summed E-state index contributed by atoms with van der Waals surface area (Å²) in [5, 5.41) is 0. The normalized spacial score (nSPS) is 41.1. The Kier molecular flexibility index (Phi) is 2.51. The highest BCUT2D eigenvalue weighted by Crippen LogP contribution is 2.48. The van der Waals surface area contributed by atoms with Crippen molar-refractivity contribution in [1.29, 1.82) is 0 Å². The summed E-state index contributed by atoms with van der Waals surface area (Å²) in [6, 6.07) is 0. The Morgan fingerprint density at radius 3 is 2.25 bits per heavy atom. The summed E-state index contributed by atoms with van der Waals surface area (Å²) < 4.78 is 4.74. The van der Waals surface area contributed by atoms with Gasteiger partial charge in [-0.15, -0.1) is 0 Å². The van der Waals surface area contributed by atoms with Crippen LogP contribution in [0.3, 0.4) is 0 Å². The van der Waals surface area contributed by atoms with E-state index in [1.807, 2.05) is 0 Å². The van der Waals surface area contributed by atoms with Crippen LogP contribution in [-0.2, 0) is 9.53 Å². The van der Waals surface area contributed by atoms with E-state index < -0.39 is 0 Å². The van der Waals surface area contributed by atoms with Gasteiger partial charge < -0.3 is 4.74 Å². The van der Waals surface area contributed by atoms with Crippen LogP contribution in [0.2, 0.25) is 0 Å². The second kappa shape index (κ2) is 3.88. The summed E-state index contributed by atoms with van der Waals surface area (Å²) in [6.45, 7) is 2.65. The van der Waals surface area contributed by atoms with E-state index in [1.54, 1.807) is 0 Å². The number of carbonyl (C=O) groups is 1. The monoisotopic (exact) mass is 221 g/mol.